The van der Waals surface area contributed by atoms with Crippen molar-refractivity contribution in [3.63, 3.8) is 0 Å². The van der Waals surface area contributed by atoms with Gasteiger partial charge in [0.2, 0.25) is 0 Å². The molecule has 4 rings (SSSR count). The Bertz CT molecular complexity index is 1010. The third-order valence-electron chi connectivity index (χ3n) is 4.68. The highest BCUT2D eigenvalue weighted by atomic mass is 16.5. The lowest BCUT2D eigenvalue weighted by atomic mass is 10.1. The molecule has 0 aliphatic carbocycles. The van der Waals surface area contributed by atoms with E-state index in [1.54, 1.807) is 6.92 Å². The quantitative estimate of drug-likeness (QED) is 0.701. The SMILES string of the molecule is CCOc1cc2c(cc1NC(=O)c1c(-c3ccccc3)noc1C)O[C@H](C)C2. The van der Waals surface area contributed by atoms with E-state index in [-0.39, 0.29) is 12.0 Å². The van der Waals surface area contributed by atoms with Gasteiger partial charge in [-0.25, -0.2) is 0 Å². The number of nitrogens with one attached hydrogen (secondary N) is 1. The lowest BCUT2D eigenvalue weighted by Gasteiger charge is -2.13. The van der Waals surface area contributed by atoms with Crippen LogP contribution in [0.5, 0.6) is 11.5 Å². The number of hydrogen-bond donors (Lipinski definition) is 1. The van der Waals surface area contributed by atoms with Crippen molar-refractivity contribution >= 4 is 11.6 Å². The Labute approximate surface area is 163 Å². The maximum Gasteiger partial charge on any atom is 0.261 e. The molecule has 6 heteroatoms. The standard InChI is InChI=1S/C22H22N2O4/c1-4-26-19-11-16-10-13(2)27-18(16)12-17(19)23-22(25)20-14(3)28-24-21(20)15-8-6-5-7-9-15/h5-9,11-13H,4,10H2,1-3H3,(H,23,25)/t13-/m1/s1. The van der Waals surface area contributed by atoms with E-state index in [4.69, 9.17) is 14.0 Å². The number of carbonyl (C=O) groups is 1. The summed E-state index contributed by atoms with van der Waals surface area (Å²) in [5.41, 5.74) is 3.39. The molecular formula is C22H22N2O4. The van der Waals surface area contributed by atoms with Gasteiger partial charge >= 0.3 is 0 Å². The molecule has 1 atom stereocenters. The van der Waals surface area contributed by atoms with Gasteiger partial charge in [0.15, 0.2) is 0 Å². The Morgan fingerprint density at radius 2 is 2.07 bits per heavy atom. The normalized spacial score (nSPS) is 15.0. The molecule has 6 nitrogen and oxygen atoms in total. The van der Waals surface area contributed by atoms with Crippen LogP contribution in [0.4, 0.5) is 5.69 Å². The summed E-state index contributed by atoms with van der Waals surface area (Å²) in [5, 5.41) is 7.03. The van der Waals surface area contributed by atoms with Gasteiger partial charge in [0.05, 0.1) is 12.3 Å². The van der Waals surface area contributed by atoms with Crippen molar-refractivity contribution in [2.24, 2.45) is 0 Å². The Morgan fingerprint density at radius 1 is 1.29 bits per heavy atom. The first-order valence-electron chi connectivity index (χ1n) is 9.36. The molecule has 1 aromatic heterocycles. The minimum atomic E-state index is -0.301. The Balaban J connectivity index is 1.68. The first kappa shape index (κ1) is 18.1. The van der Waals surface area contributed by atoms with E-state index in [1.165, 1.54) is 0 Å². The van der Waals surface area contributed by atoms with Gasteiger partial charge in [0, 0.05) is 23.6 Å². The Morgan fingerprint density at radius 3 is 2.82 bits per heavy atom. The van der Waals surface area contributed by atoms with E-state index in [0.717, 1.165) is 23.3 Å². The molecule has 0 bridgehead atoms. The van der Waals surface area contributed by atoms with Crippen molar-refractivity contribution in [2.45, 2.75) is 33.3 Å². The highest BCUT2D eigenvalue weighted by Gasteiger charge is 2.25. The van der Waals surface area contributed by atoms with Crippen molar-refractivity contribution in [3.8, 4) is 22.8 Å². The third kappa shape index (κ3) is 3.33. The van der Waals surface area contributed by atoms with E-state index in [2.05, 4.69) is 10.5 Å². The fourth-order valence-electron chi connectivity index (χ4n) is 3.43. The number of amides is 1. The first-order chi connectivity index (χ1) is 13.6. The van der Waals surface area contributed by atoms with Crippen molar-refractivity contribution in [1.29, 1.82) is 0 Å². The Hall–Kier alpha value is -3.28. The molecule has 2 heterocycles. The van der Waals surface area contributed by atoms with Gasteiger partial charge < -0.3 is 19.3 Å². The van der Waals surface area contributed by atoms with Gasteiger partial charge in [-0.3, -0.25) is 4.79 Å². The highest BCUT2D eigenvalue weighted by molar-refractivity contribution is 6.09. The molecule has 0 saturated heterocycles. The summed E-state index contributed by atoms with van der Waals surface area (Å²) in [7, 11) is 0. The molecule has 1 aliphatic heterocycles. The zero-order valence-corrected chi connectivity index (χ0v) is 16.1. The van der Waals surface area contributed by atoms with Crippen LogP contribution in [0.15, 0.2) is 47.0 Å². The summed E-state index contributed by atoms with van der Waals surface area (Å²) in [5.74, 6) is 1.56. The second-order valence-corrected chi connectivity index (χ2v) is 6.80. The summed E-state index contributed by atoms with van der Waals surface area (Å²) in [6.45, 7) is 6.16. The largest absolute Gasteiger partial charge is 0.492 e. The molecule has 1 aliphatic rings. The number of rotatable bonds is 5. The van der Waals surface area contributed by atoms with Crippen LogP contribution in [0.3, 0.4) is 0 Å². The molecule has 0 saturated carbocycles. The average molecular weight is 378 g/mol. The molecule has 0 fully saturated rings. The second kappa shape index (κ2) is 7.38. The van der Waals surface area contributed by atoms with Crippen molar-refractivity contribution in [3.05, 3.63) is 59.4 Å². The van der Waals surface area contributed by atoms with Gasteiger partial charge in [-0.15, -0.1) is 0 Å². The molecule has 0 unspecified atom stereocenters. The van der Waals surface area contributed by atoms with Crippen molar-refractivity contribution in [2.75, 3.05) is 11.9 Å². The zero-order chi connectivity index (χ0) is 19.7. The summed E-state index contributed by atoms with van der Waals surface area (Å²) in [4.78, 5) is 13.1. The Kier molecular flexibility index (Phi) is 4.77. The number of hydrogen-bond acceptors (Lipinski definition) is 5. The molecule has 3 aromatic rings. The fourth-order valence-corrected chi connectivity index (χ4v) is 3.43. The van der Waals surface area contributed by atoms with Crippen LogP contribution < -0.4 is 14.8 Å². The number of benzene rings is 2. The van der Waals surface area contributed by atoms with E-state index < -0.39 is 0 Å². The topological polar surface area (TPSA) is 73.6 Å². The summed E-state index contributed by atoms with van der Waals surface area (Å²) in [6.07, 6.45) is 0.937. The monoisotopic (exact) mass is 378 g/mol. The van der Waals surface area contributed by atoms with Crippen LogP contribution in [0.2, 0.25) is 0 Å². The fraction of sp³-hybridized carbons (Fsp3) is 0.273. The molecule has 1 amide bonds. The number of aromatic nitrogens is 1. The molecule has 0 spiro atoms. The van der Waals surface area contributed by atoms with Crippen LogP contribution in [0.1, 0.15) is 35.5 Å². The molecule has 2 aromatic carbocycles. The van der Waals surface area contributed by atoms with Gasteiger partial charge in [-0.05, 0) is 26.8 Å². The smallest absolute Gasteiger partial charge is 0.261 e. The molecule has 144 valence electrons. The maximum atomic E-state index is 13.1. The number of fused-ring (bicyclic) bond motifs is 1. The second-order valence-electron chi connectivity index (χ2n) is 6.80. The summed E-state index contributed by atoms with van der Waals surface area (Å²) < 4.78 is 16.9. The molecule has 1 N–H and O–H groups in total. The maximum absolute atomic E-state index is 13.1. The van der Waals surface area contributed by atoms with E-state index in [0.29, 0.717) is 35.1 Å². The van der Waals surface area contributed by atoms with Gasteiger partial charge in [0.1, 0.15) is 34.6 Å². The number of carbonyl (C=O) groups excluding carboxylic acids is 1. The molecular weight excluding hydrogens is 356 g/mol. The number of aryl methyl sites for hydroxylation is 1. The minimum absolute atomic E-state index is 0.112. The number of nitrogens with zero attached hydrogens (tertiary/aromatic N) is 1. The van der Waals surface area contributed by atoms with Crippen LogP contribution in [-0.4, -0.2) is 23.8 Å². The van der Waals surface area contributed by atoms with Crippen LogP contribution in [0.25, 0.3) is 11.3 Å². The van der Waals surface area contributed by atoms with Crippen molar-refractivity contribution in [1.82, 2.24) is 5.16 Å². The zero-order valence-electron chi connectivity index (χ0n) is 16.1. The van der Waals surface area contributed by atoms with Crippen LogP contribution in [0, 0.1) is 6.92 Å². The van der Waals surface area contributed by atoms with Crippen LogP contribution >= 0.6 is 0 Å². The van der Waals surface area contributed by atoms with Gasteiger partial charge in [-0.1, -0.05) is 35.5 Å². The first-order valence-corrected chi connectivity index (χ1v) is 9.36. The molecule has 0 radical (unpaired) electrons. The number of ether oxygens (including phenoxy) is 2. The predicted molar refractivity (Wildman–Crippen MR) is 106 cm³/mol. The van der Waals surface area contributed by atoms with Gasteiger partial charge in [0.25, 0.3) is 5.91 Å². The number of anilines is 1. The third-order valence-corrected chi connectivity index (χ3v) is 4.68. The van der Waals surface area contributed by atoms with Gasteiger partial charge in [-0.2, -0.15) is 0 Å². The van der Waals surface area contributed by atoms with Crippen molar-refractivity contribution < 1.29 is 18.8 Å². The van der Waals surface area contributed by atoms with Crippen LogP contribution in [-0.2, 0) is 6.42 Å². The predicted octanol–water partition coefficient (Wildman–Crippen LogP) is 4.62. The van der Waals surface area contributed by atoms with E-state index in [9.17, 15) is 4.79 Å². The average Bonchev–Trinajstić information content (AvgIpc) is 3.24. The highest BCUT2D eigenvalue weighted by Crippen LogP contribution is 2.38. The lowest BCUT2D eigenvalue weighted by Crippen LogP contribution is -2.14. The lowest BCUT2D eigenvalue weighted by molar-refractivity contribution is 0.102. The molecule has 28 heavy (non-hydrogen) atoms. The van der Waals surface area contributed by atoms with E-state index >= 15 is 0 Å². The van der Waals surface area contributed by atoms with E-state index in [1.807, 2.05) is 56.3 Å². The minimum Gasteiger partial charge on any atom is -0.492 e. The summed E-state index contributed by atoms with van der Waals surface area (Å²) in [6, 6.07) is 13.3. The summed E-state index contributed by atoms with van der Waals surface area (Å²) >= 11 is 0.